The van der Waals surface area contributed by atoms with E-state index in [1.807, 2.05) is 13.8 Å². The van der Waals surface area contributed by atoms with Crippen LogP contribution in [0.4, 0.5) is 0 Å². The highest BCUT2D eigenvalue weighted by molar-refractivity contribution is 5.77. The highest BCUT2D eigenvalue weighted by atomic mass is 16.1. The normalized spacial score (nSPS) is 19.8. The predicted octanol–water partition coefficient (Wildman–Crippen LogP) is 0.572. The molecular formula is C12H25N3O. The largest absolute Gasteiger partial charge is 0.356 e. The van der Waals surface area contributed by atoms with E-state index in [1.54, 1.807) is 0 Å². The molecule has 1 fully saturated rings. The van der Waals surface area contributed by atoms with Crippen LogP contribution < -0.4 is 11.1 Å². The molecule has 4 heteroatoms. The summed E-state index contributed by atoms with van der Waals surface area (Å²) >= 11 is 0. The van der Waals surface area contributed by atoms with Gasteiger partial charge in [0.25, 0.3) is 0 Å². The van der Waals surface area contributed by atoms with Gasteiger partial charge in [-0.1, -0.05) is 0 Å². The van der Waals surface area contributed by atoms with Crippen molar-refractivity contribution in [1.29, 1.82) is 0 Å². The van der Waals surface area contributed by atoms with Crippen LogP contribution in [0, 0.1) is 5.92 Å². The van der Waals surface area contributed by atoms with Gasteiger partial charge < -0.3 is 16.0 Å². The maximum atomic E-state index is 11.6. The van der Waals surface area contributed by atoms with Gasteiger partial charge in [0, 0.05) is 18.5 Å². The number of nitrogens with one attached hydrogen (secondary N) is 1. The summed E-state index contributed by atoms with van der Waals surface area (Å²) in [4.78, 5) is 13.9. The van der Waals surface area contributed by atoms with Gasteiger partial charge in [0.1, 0.15) is 0 Å². The van der Waals surface area contributed by atoms with E-state index in [4.69, 9.17) is 5.73 Å². The van der Waals surface area contributed by atoms with Crippen LogP contribution in [0.3, 0.4) is 0 Å². The first-order valence-corrected chi connectivity index (χ1v) is 6.11. The summed E-state index contributed by atoms with van der Waals surface area (Å²) in [5, 5.41) is 2.99. The van der Waals surface area contributed by atoms with Gasteiger partial charge in [-0.2, -0.15) is 0 Å². The van der Waals surface area contributed by atoms with Crippen LogP contribution >= 0.6 is 0 Å². The maximum absolute atomic E-state index is 11.6. The van der Waals surface area contributed by atoms with Crippen LogP contribution in [-0.4, -0.2) is 43.0 Å². The number of carbonyl (C=O) groups excluding carboxylic acids is 1. The van der Waals surface area contributed by atoms with Gasteiger partial charge in [-0.25, -0.2) is 0 Å². The monoisotopic (exact) mass is 227 g/mol. The third-order valence-electron chi connectivity index (χ3n) is 3.04. The number of hydrogen-bond donors (Lipinski definition) is 2. The molecule has 1 saturated heterocycles. The first kappa shape index (κ1) is 13.5. The maximum Gasteiger partial charge on any atom is 0.221 e. The summed E-state index contributed by atoms with van der Waals surface area (Å²) in [5.41, 5.74) is 5.39. The fourth-order valence-corrected chi connectivity index (χ4v) is 2.00. The van der Waals surface area contributed by atoms with Crippen molar-refractivity contribution >= 4 is 5.91 Å². The zero-order chi connectivity index (χ0) is 12.2. The molecule has 1 aliphatic heterocycles. The van der Waals surface area contributed by atoms with Gasteiger partial charge in [0.15, 0.2) is 0 Å². The molecule has 1 rings (SSSR count). The van der Waals surface area contributed by atoms with Crippen molar-refractivity contribution in [3.63, 3.8) is 0 Å². The summed E-state index contributed by atoms with van der Waals surface area (Å²) in [5.74, 6) is 0.715. The zero-order valence-corrected chi connectivity index (χ0v) is 10.8. The number of likely N-dealkylation sites (tertiary alicyclic amines) is 1. The number of nitrogens with two attached hydrogens (primary N) is 1. The van der Waals surface area contributed by atoms with Crippen LogP contribution in [0.25, 0.3) is 0 Å². The molecule has 94 valence electrons. The Morgan fingerprint density at radius 3 is 2.50 bits per heavy atom. The second-order valence-electron chi connectivity index (χ2n) is 5.72. The van der Waals surface area contributed by atoms with Crippen molar-refractivity contribution in [3.05, 3.63) is 0 Å². The lowest BCUT2D eigenvalue weighted by molar-refractivity contribution is -0.122. The van der Waals surface area contributed by atoms with Crippen LogP contribution in [0.2, 0.25) is 0 Å². The molecule has 0 bridgehead atoms. The van der Waals surface area contributed by atoms with Crippen LogP contribution in [0.15, 0.2) is 0 Å². The average Bonchev–Trinajstić information content (AvgIpc) is 2.14. The Kier molecular flexibility index (Phi) is 4.74. The number of rotatable bonds is 4. The van der Waals surface area contributed by atoms with E-state index < -0.39 is 5.54 Å². The van der Waals surface area contributed by atoms with E-state index in [-0.39, 0.29) is 5.91 Å². The highest BCUT2D eigenvalue weighted by Gasteiger charge is 2.19. The highest BCUT2D eigenvalue weighted by Crippen LogP contribution is 2.14. The number of amides is 1. The molecule has 0 aromatic rings. The lowest BCUT2D eigenvalue weighted by Crippen LogP contribution is -2.41. The molecule has 0 saturated carbocycles. The number of nitrogens with zero attached hydrogens (tertiary/aromatic N) is 1. The minimum atomic E-state index is -0.406. The Balaban J connectivity index is 2.17. The molecule has 1 amide bonds. The molecule has 0 spiro atoms. The van der Waals surface area contributed by atoms with Gasteiger partial charge in [-0.3, -0.25) is 4.79 Å². The standard InChI is InChI=1S/C12H25N3O/c1-12(2,13)8-11(16)14-9-10-4-6-15(3)7-5-10/h10H,4-9,13H2,1-3H3,(H,14,16). The Bertz CT molecular complexity index is 227. The molecule has 16 heavy (non-hydrogen) atoms. The van der Waals surface area contributed by atoms with Crippen molar-refractivity contribution < 1.29 is 4.79 Å². The van der Waals surface area contributed by atoms with Gasteiger partial charge in [0.2, 0.25) is 5.91 Å². The summed E-state index contributed by atoms with van der Waals surface area (Å²) in [6.45, 7) is 6.85. The molecule has 0 aromatic carbocycles. The van der Waals surface area contributed by atoms with Crippen LogP contribution in [-0.2, 0) is 4.79 Å². The van der Waals surface area contributed by atoms with Crippen molar-refractivity contribution in [2.24, 2.45) is 11.7 Å². The second-order valence-corrected chi connectivity index (χ2v) is 5.72. The molecule has 3 N–H and O–H groups in total. The van der Waals surface area contributed by atoms with Crippen molar-refractivity contribution in [3.8, 4) is 0 Å². The molecule has 1 heterocycles. The molecule has 0 aromatic heterocycles. The Morgan fingerprint density at radius 1 is 1.44 bits per heavy atom. The first-order chi connectivity index (χ1) is 7.37. The van der Waals surface area contributed by atoms with Crippen LogP contribution in [0.5, 0.6) is 0 Å². The molecule has 0 unspecified atom stereocenters. The van der Waals surface area contributed by atoms with E-state index >= 15 is 0 Å². The summed E-state index contributed by atoms with van der Waals surface area (Å²) < 4.78 is 0. The fourth-order valence-electron chi connectivity index (χ4n) is 2.00. The van der Waals surface area contributed by atoms with E-state index in [0.29, 0.717) is 12.3 Å². The quantitative estimate of drug-likeness (QED) is 0.738. The smallest absolute Gasteiger partial charge is 0.221 e. The first-order valence-electron chi connectivity index (χ1n) is 6.11. The Labute approximate surface area is 98.6 Å². The van der Waals surface area contributed by atoms with Crippen LogP contribution in [0.1, 0.15) is 33.1 Å². The van der Waals surface area contributed by atoms with Gasteiger partial charge in [-0.05, 0) is 52.7 Å². The van der Waals surface area contributed by atoms with E-state index in [0.717, 1.165) is 19.6 Å². The third-order valence-corrected chi connectivity index (χ3v) is 3.04. The molecule has 0 aliphatic carbocycles. The third kappa shape index (κ3) is 5.47. The minimum Gasteiger partial charge on any atom is -0.356 e. The lowest BCUT2D eigenvalue weighted by atomic mass is 9.96. The number of carbonyl (C=O) groups is 1. The molecule has 4 nitrogen and oxygen atoms in total. The lowest BCUT2D eigenvalue weighted by Gasteiger charge is -2.29. The van der Waals surface area contributed by atoms with E-state index in [1.165, 1.54) is 12.8 Å². The Morgan fingerprint density at radius 2 is 2.00 bits per heavy atom. The summed E-state index contributed by atoms with van der Waals surface area (Å²) in [7, 11) is 2.14. The van der Waals surface area contributed by atoms with Crippen molar-refractivity contribution in [1.82, 2.24) is 10.2 Å². The Hall–Kier alpha value is -0.610. The topological polar surface area (TPSA) is 58.4 Å². The average molecular weight is 227 g/mol. The van der Waals surface area contributed by atoms with E-state index in [2.05, 4.69) is 17.3 Å². The summed E-state index contributed by atoms with van der Waals surface area (Å²) in [6.07, 6.45) is 2.77. The number of piperidine rings is 1. The fraction of sp³-hybridized carbons (Fsp3) is 0.917. The van der Waals surface area contributed by atoms with Gasteiger partial charge in [-0.15, -0.1) is 0 Å². The van der Waals surface area contributed by atoms with Crippen molar-refractivity contribution in [2.45, 2.75) is 38.6 Å². The van der Waals surface area contributed by atoms with E-state index in [9.17, 15) is 4.79 Å². The predicted molar refractivity (Wildman–Crippen MR) is 66.1 cm³/mol. The van der Waals surface area contributed by atoms with Gasteiger partial charge in [0.05, 0.1) is 0 Å². The SMILES string of the molecule is CN1CCC(CNC(=O)CC(C)(C)N)CC1. The van der Waals surface area contributed by atoms with Gasteiger partial charge >= 0.3 is 0 Å². The van der Waals surface area contributed by atoms with Crippen molar-refractivity contribution in [2.75, 3.05) is 26.7 Å². The second kappa shape index (κ2) is 5.64. The molecule has 0 radical (unpaired) electrons. The molecule has 0 atom stereocenters. The minimum absolute atomic E-state index is 0.0754. The molecular weight excluding hydrogens is 202 g/mol. The number of hydrogen-bond acceptors (Lipinski definition) is 3. The molecule has 1 aliphatic rings. The summed E-state index contributed by atoms with van der Waals surface area (Å²) in [6, 6.07) is 0. The zero-order valence-electron chi connectivity index (χ0n) is 10.8.